The molecule has 0 saturated heterocycles. The van der Waals surface area contributed by atoms with Gasteiger partial charge in [-0.15, -0.1) is 0 Å². The standard InChI is InChI=1S/C9H13Cl.C7H8FN/c1-5-8(4)6-9(10)7(2)3;1-5-3-7(8)6(2)9-4-5/h5-6H,1H2,2-4H3;3-4H,1-2H3/b8-6-;. The molecule has 0 fully saturated rings. The van der Waals surface area contributed by atoms with E-state index in [-0.39, 0.29) is 5.82 Å². The molecule has 3 heteroatoms. The number of nitrogens with zero attached hydrogens (tertiary/aromatic N) is 1. The molecule has 0 aliphatic heterocycles. The van der Waals surface area contributed by atoms with Crippen LogP contribution in [0.1, 0.15) is 32.0 Å². The normalized spacial score (nSPS) is 10.4. The molecule has 1 rings (SSSR count). The molecule has 1 aromatic rings. The molecule has 0 radical (unpaired) electrons. The van der Waals surface area contributed by atoms with Crippen LogP contribution in [0, 0.1) is 19.7 Å². The van der Waals surface area contributed by atoms with Gasteiger partial charge < -0.3 is 0 Å². The smallest absolute Gasteiger partial charge is 0.144 e. The summed E-state index contributed by atoms with van der Waals surface area (Å²) >= 11 is 5.84. The lowest BCUT2D eigenvalue weighted by Gasteiger charge is -1.93. The fourth-order valence-electron chi connectivity index (χ4n) is 1.01. The van der Waals surface area contributed by atoms with Gasteiger partial charge in [0.1, 0.15) is 5.82 Å². The van der Waals surface area contributed by atoms with Crippen molar-refractivity contribution in [1.29, 1.82) is 0 Å². The molecular formula is C16H21ClFN. The van der Waals surface area contributed by atoms with Crippen LogP contribution in [0.25, 0.3) is 0 Å². The summed E-state index contributed by atoms with van der Waals surface area (Å²) in [7, 11) is 0. The molecule has 0 amide bonds. The summed E-state index contributed by atoms with van der Waals surface area (Å²) in [6.07, 6.45) is 5.34. The minimum atomic E-state index is -0.227. The first-order valence-electron chi connectivity index (χ1n) is 6.00. The minimum Gasteiger partial charge on any atom is -0.258 e. The zero-order valence-corrected chi connectivity index (χ0v) is 13.0. The zero-order chi connectivity index (χ0) is 15.0. The van der Waals surface area contributed by atoms with Gasteiger partial charge in [0, 0.05) is 11.2 Å². The molecule has 19 heavy (non-hydrogen) atoms. The van der Waals surface area contributed by atoms with Gasteiger partial charge in [0.05, 0.1) is 5.69 Å². The van der Waals surface area contributed by atoms with Crippen molar-refractivity contribution in [2.75, 3.05) is 0 Å². The van der Waals surface area contributed by atoms with Crippen LogP contribution in [0.3, 0.4) is 0 Å². The number of hydrogen-bond donors (Lipinski definition) is 0. The third-order valence-electron chi connectivity index (χ3n) is 2.32. The molecule has 0 bridgehead atoms. The highest BCUT2D eigenvalue weighted by molar-refractivity contribution is 6.31. The number of hydrogen-bond acceptors (Lipinski definition) is 1. The van der Waals surface area contributed by atoms with E-state index in [0.717, 1.165) is 21.7 Å². The number of aromatic nitrogens is 1. The summed E-state index contributed by atoms with van der Waals surface area (Å²) in [5.41, 5.74) is 3.53. The second kappa shape index (κ2) is 8.65. The SMILES string of the molecule is C=C/C(C)=C\C(Cl)=C(C)C.Cc1cnc(C)c(F)c1. The van der Waals surface area contributed by atoms with E-state index in [9.17, 15) is 4.39 Å². The number of aryl methyl sites for hydroxylation is 2. The average molecular weight is 282 g/mol. The van der Waals surface area contributed by atoms with Crippen molar-refractivity contribution in [3.63, 3.8) is 0 Å². The molecule has 1 heterocycles. The van der Waals surface area contributed by atoms with E-state index >= 15 is 0 Å². The second-order valence-corrected chi connectivity index (χ2v) is 4.93. The highest BCUT2D eigenvalue weighted by atomic mass is 35.5. The van der Waals surface area contributed by atoms with Gasteiger partial charge in [-0.05, 0) is 52.3 Å². The number of allylic oxidation sites excluding steroid dienone is 5. The lowest BCUT2D eigenvalue weighted by molar-refractivity contribution is 0.608. The van der Waals surface area contributed by atoms with E-state index in [0.29, 0.717) is 5.69 Å². The van der Waals surface area contributed by atoms with Gasteiger partial charge in [0.2, 0.25) is 0 Å². The van der Waals surface area contributed by atoms with Crippen molar-refractivity contribution in [3.05, 3.63) is 64.2 Å². The molecule has 0 atom stereocenters. The molecule has 1 aromatic heterocycles. The molecule has 1 nitrogen and oxygen atoms in total. The number of halogens is 2. The predicted octanol–water partition coefficient (Wildman–Crippen LogP) is 5.49. The monoisotopic (exact) mass is 281 g/mol. The third kappa shape index (κ3) is 7.58. The van der Waals surface area contributed by atoms with Gasteiger partial charge in [-0.2, -0.15) is 0 Å². The molecule has 0 aromatic carbocycles. The molecule has 104 valence electrons. The maximum atomic E-state index is 12.5. The van der Waals surface area contributed by atoms with Crippen LogP contribution in [0.2, 0.25) is 0 Å². The third-order valence-corrected chi connectivity index (χ3v) is 2.80. The predicted molar refractivity (Wildman–Crippen MR) is 81.9 cm³/mol. The lowest BCUT2D eigenvalue weighted by atomic mass is 10.2. The summed E-state index contributed by atoms with van der Waals surface area (Å²) in [6, 6.07) is 1.47. The Labute approximate surface area is 120 Å². The largest absolute Gasteiger partial charge is 0.258 e. The molecule has 0 unspecified atom stereocenters. The van der Waals surface area contributed by atoms with Crippen LogP contribution in [0.15, 0.2) is 47.2 Å². The van der Waals surface area contributed by atoms with Crippen molar-refractivity contribution >= 4 is 11.6 Å². The summed E-state index contributed by atoms with van der Waals surface area (Å²) < 4.78 is 12.5. The van der Waals surface area contributed by atoms with Gasteiger partial charge in [-0.3, -0.25) is 4.98 Å². The van der Waals surface area contributed by atoms with Gasteiger partial charge in [0.15, 0.2) is 0 Å². The first kappa shape index (κ1) is 17.6. The first-order valence-corrected chi connectivity index (χ1v) is 6.38. The van der Waals surface area contributed by atoms with Crippen molar-refractivity contribution in [1.82, 2.24) is 4.98 Å². The molecule has 0 spiro atoms. The van der Waals surface area contributed by atoms with Crippen LogP contribution in [0.5, 0.6) is 0 Å². The van der Waals surface area contributed by atoms with E-state index in [4.69, 9.17) is 11.6 Å². The van der Waals surface area contributed by atoms with Crippen molar-refractivity contribution < 1.29 is 4.39 Å². The van der Waals surface area contributed by atoms with Crippen LogP contribution < -0.4 is 0 Å². The van der Waals surface area contributed by atoms with Crippen LogP contribution in [-0.2, 0) is 0 Å². The fraction of sp³-hybridized carbons (Fsp3) is 0.312. The van der Waals surface area contributed by atoms with Crippen LogP contribution in [0.4, 0.5) is 4.39 Å². The van der Waals surface area contributed by atoms with E-state index in [1.165, 1.54) is 6.07 Å². The summed E-state index contributed by atoms with van der Waals surface area (Å²) in [5, 5.41) is 0.803. The molecule has 0 aliphatic rings. The maximum Gasteiger partial charge on any atom is 0.144 e. The van der Waals surface area contributed by atoms with E-state index in [1.54, 1.807) is 19.2 Å². The summed E-state index contributed by atoms with van der Waals surface area (Å²) in [5.74, 6) is -0.227. The summed E-state index contributed by atoms with van der Waals surface area (Å²) in [4.78, 5) is 3.80. The van der Waals surface area contributed by atoms with E-state index in [1.807, 2.05) is 33.8 Å². The lowest BCUT2D eigenvalue weighted by Crippen LogP contribution is -1.87. The zero-order valence-electron chi connectivity index (χ0n) is 12.2. The Hall–Kier alpha value is -1.41. The maximum absolute atomic E-state index is 12.5. The Morgan fingerprint density at radius 2 is 1.89 bits per heavy atom. The Morgan fingerprint density at radius 3 is 2.26 bits per heavy atom. The van der Waals surface area contributed by atoms with Crippen LogP contribution in [-0.4, -0.2) is 4.98 Å². The fourth-order valence-corrected chi connectivity index (χ4v) is 1.18. The van der Waals surface area contributed by atoms with E-state index < -0.39 is 0 Å². The molecular weight excluding hydrogens is 261 g/mol. The van der Waals surface area contributed by atoms with Gasteiger partial charge in [-0.25, -0.2) is 4.39 Å². The van der Waals surface area contributed by atoms with Crippen molar-refractivity contribution in [2.45, 2.75) is 34.6 Å². The number of rotatable bonds is 2. The van der Waals surface area contributed by atoms with Crippen molar-refractivity contribution in [2.24, 2.45) is 0 Å². The van der Waals surface area contributed by atoms with Gasteiger partial charge >= 0.3 is 0 Å². The molecule has 0 saturated carbocycles. The van der Waals surface area contributed by atoms with E-state index in [2.05, 4.69) is 11.6 Å². The quantitative estimate of drug-likeness (QED) is 0.653. The second-order valence-electron chi connectivity index (χ2n) is 4.52. The highest BCUT2D eigenvalue weighted by Gasteiger charge is 1.95. The Bertz CT molecular complexity index is 497. The first-order chi connectivity index (χ1) is 8.77. The molecule has 0 aliphatic carbocycles. The summed E-state index contributed by atoms with van der Waals surface area (Å²) in [6.45, 7) is 13.0. The minimum absolute atomic E-state index is 0.227. The molecule has 0 N–H and O–H groups in total. The Balaban J connectivity index is 0.000000342. The number of pyridine rings is 1. The van der Waals surface area contributed by atoms with Crippen LogP contribution >= 0.6 is 11.6 Å². The van der Waals surface area contributed by atoms with Gasteiger partial charge in [0.25, 0.3) is 0 Å². The Morgan fingerprint density at radius 1 is 1.32 bits per heavy atom. The van der Waals surface area contributed by atoms with Gasteiger partial charge in [-0.1, -0.05) is 35.4 Å². The highest BCUT2D eigenvalue weighted by Crippen LogP contribution is 2.12. The average Bonchev–Trinajstić information content (AvgIpc) is 2.34. The topological polar surface area (TPSA) is 12.9 Å². The van der Waals surface area contributed by atoms with Crippen molar-refractivity contribution in [3.8, 4) is 0 Å². The Kier molecular flexibility index (Phi) is 8.01.